The van der Waals surface area contributed by atoms with Crippen LogP contribution in [0.4, 0.5) is 0 Å². The largest absolute Gasteiger partial charge is 0.496 e. The van der Waals surface area contributed by atoms with Crippen LogP contribution in [0.5, 0.6) is 5.75 Å². The molecule has 0 heterocycles. The standard InChI is InChI=1S/C16H27N3O2/c1-5-19(11-16(20)18-12(2)3)10-13-6-7-15(21-4)14(8-13)9-17/h6-8,12H,5,9-11,17H2,1-4H3,(H,18,20). The number of ether oxygens (including phenoxy) is 1. The van der Waals surface area contributed by atoms with Crippen molar-refractivity contribution in [3.63, 3.8) is 0 Å². The Morgan fingerprint density at radius 3 is 2.67 bits per heavy atom. The van der Waals surface area contributed by atoms with Crippen LogP contribution in [0, 0.1) is 0 Å². The zero-order valence-corrected chi connectivity index (χ0v) is 13.5. The van der Waals surface area contributed by atoms with Crippen molar-refractivity contribution >= 4 is 5.91 Å². The van der Waals surface area contributed by atoms with Gasteiger partial charge in [0, 0.05) is 24.7 Å². The fourth-order valence-corrected chi connectivity index (χ4v) is 2.20. The van der Waals surface area contributed by atoms with Crippen molar-refractivity contribution in [2.45, 2.75) is 39.9 Å². The maximum atomic E-state index is 11.8. The summed E-state index contributed by atoms with van der Waals surface area (Å²) >= 11 is 0. The van der Waals surface area contributed by atoms with Crippen molar-refractivity contribution in [2.24, 2.45) is 5.73 Å². The molecule has 0 aliphatic heterocycles. The summed E-state index contributed by atoms with van der Waals surface area (Å²) in [5, 5.41) is 2.91. The number of nitrogens with two attached hydrogens (primary N) is 1. The third-order valence-corrected chi connectivity index (χ3v) is 3.23. The van der Waals surface area contributed by atoms with Gasteiger partial charge >= 0.3 is 0 Å². The van der Waals surface area contributed by atoms with Gasteiger partial charge in [0.05, 0.1) is 13.7 Å². The lowest BCUT2D eigenvalue weighted by atomic mass is 10.1. The van der Waals surface area contributed by atoms with E-state index in [4.69, 9.17) is 10.5 Å². The molecule has 0 aliphatic carbocycles. The van der Waals surface area contributed by atoms with E-state index in [1.54, 1.807) is 7.11 Å². The highest BCUT2D eigenvalue weighted by atomic mass is 16.5. The summed E-state index contributed by atoms with van der Waals surface area (Å²) in [6.07, 6.45) is 0. The van der Waals surface area contributed by atoms with Crippen LogP contribution in [0.25, 0.3) is 0 Å². The van der Waals surface area contributed by atoms with Gasteiger partial charge in [0.2, 0.25) is 5.91 Å². The molecule has 0 bridgehead atoms. The molecule has 1 aromatic carbocycles. The number of carbonyl (C=O) groups is 1. The van der Waals surface area contributed by atoms with Gasteiger partial charge in [-0.05, 0) is 38.1 Å². The molecule has 0 aromatic heterocycles. The van der Waals surface area contributed by atoms with Gasteiger partial charge in [-0.15, -0.1) is 0 Å². The van der Waals surface area contributed by atoms with Crippen molar-refractivity contribution in [1.82, 2.24) is 10.2 Å². The molecule has 1 aromatic rings. The number of hydrogen-bond acceptors (Lipinski definition) is 4. The Balaban J connectivity index is 2.70. The second-order valence-corrected chi connectivity index (χ2v) is 5.38. The summed E-state index contributed by atoms with van der Waals surface area (Å²) in [7, 11) is 1.64. The zero-order chi connectivity index (χ0) is 15.8. The first-order chi connectivity index (χ1) is 9.99. The Morgan fingerprint density at radius 1 is 1.43 bits per heavy atom. The van der Waals surface area contributed by atoms with Crippen LogP contribution in [0.15, 0.2) is 18.2 Å². The fourth-order valence-electron chi connectivity index (χ4n) is 2.20. The number of benzene rings is 1. The summed E-state index contributed by atoms with van der Waals surface area (Å²) < 4.78 is 5.27. The van der Waals surface area contributed by atoms with Gasteiger partial charge in [-0.2, -0.15) is 0 Å². The van der Waals surface area contributed by atoms with Crippen LogP contribution in [0.3, 0.4) is 0 Å². The van der Waals surface area contributed by atoms with E-state index in [-0.39, 0.29) is 11.9 Å². The number of rotatable bonds is 8. The third kappa shape index (κ3) is 5.73. The number of nitrogens with zero attached hydrogens (tertiary/aromatic N) is 1. The number of nitrogens with one attached hydrogen (secondary N) is 1. The molecule has 5 nitrogen and oxygen atoms in total. The van der Waals surface area contributed by atoms with Crippen molar-refractivity contribution in [3.8, 4) is 5.75 Å². The van der Waals surface area contributed by atoms with E-state index in [1.165, 1.54) is 0 Å². The van der Waals surface area contributed by atoms with Gasteiger partial charge in [-0.25, -0.2) is 0 Å². The smallest absolute Gasteiger partial charge is 0.234 e. The average Bonchev–Trinajstić information content (AvgIpc) is 2.45. The predicted octanol–water partition coefficient (Wildman–Crippen LogP) is 1.50. The zero-order valence-electron chi connectivity index (χ0n) is 13.5. The number of methoxy groups -OCH3 is 1. The summed E-state index contributed by atoms with van der Waals surface area (Å²) in [5.41, 5.74) is 7.85. The SMILES string of the molecule is CCN(CC(=O)NC(C)C)Cc1ccc(OC)c(CN)c1. The average molecular weight is 293 g/mol. The first-order valence-corrected chi connectivity index (χ1v) is 7.37. The molecule has 0 atom stereocenters. The minimum atomic E-state index is 0.0550. The molecular weight excluding hydrogens is 266 g/mol. The molecule has 0 saturated carbocycles. The van der Waals surface area contributed by atoms with Crippen LogP contribution < -0.4 is 15.8 Å². The molecule has 0 aliphatic rings. The van der Waals surface area contributed by atoms with Gasteiger partial charge in [0.25, 0.3) is 0 Å². The Bertz CT molecular complexity index is 461. The third-order valence-electron chi connectivity index (χ3n) is 3.23. The number of carbonyl (C=O) groups excluding carboxylic acids is 1. The Morgan fingerprint density at radius 2 is 2.14 bits per heavy atom. The maximum absolute atomic E-state index is 11.8. The van der Waals surface area contributed by atoms with E-state index in [0.717, 1.165) is 30.0 Å². The summed E-state index contributed by atoms with van der Waals surface area (Å²) in [6.45, 7) is 8.36. The first-order valence-electron chi connectivity index (χ1n) is 7.37. The molecule has 0 spiro atoms. The van der Waals surface area contributed by atoms with E-state index in [9.17, 15) is 4.79 Å². The molecular formula is C16H27N3O2. The number of likely N-dealkylation sites (N-methyl/N-ethyl adjacent to an activating group) is 1. The van der Waals surface area contributed by atoms with E-state index < -0.39 is 0 Å². The van der Waals surface area contributed by atoms with Gasteiger partial charge in [-0.3, -0.25) is 9.69 Å². The van der Waals surface area contributed by atoms with E-state index in [2.05, 4.69) is 17.1 Å². The Hall–Kier alpha value is -1.59. The van der Waals surface area contributed by atoms with Crippen LogP contribution in [-0.4, -0.2) is 37.0 Å². The van der Waals surface area contributed by atoms with Gasteiger partial charge in [-0.1, -0.05) is 13.0 Å². The first kappa shape index (κ1) is 17.5. The van der Waals surface area contributed by atoms with E-state index in [1.807, 2.05) is 32.0 Å². The molecule has 3 N–H and O–H groups in total. The van der Waals surface area contributed by atoms with Gasteiger partial charge in [0.15, 0.2) is 0 Å². The molecule has 0 fully saturated rings. The van der Waals surface area contributed by atoms with E-state index in [0.29, 0.717) is 13.1 Å². The normalized spacial score (nSPS) is 11.0. The fraction of sp³-hybridized carbons (Fsp3) is 0.562. The molecule has 118 valence electrons. The summed E-state index contributed by atoms with van der Waals surface area (Å²) in [5.74, 6) is 0.862. The molecule has 0 radical (unpaired) electrons. The summed E-state index contributed by atoms with van der Waals surface area (Å²) in [6, 6.07) is 6.16. The van der Waals surface area contributed by atoms with Crippen molar-refractivity contribution in [1.29, 1.82) is 0 Å². The van der Waals surface area contributed by atoms with Crippen LogP contribution >= 0.6 is 0 Å². The van der Waals surface area contributed by atoms with Crippen molar-refractivity contribution < 1.29 is 9.53 Å². The molecule has 21 heavy (non-hydrogen) atoms. The predicted molar refractivity (Wildman–Crippen MR) is 85.1 cm³/mol. The van der Waals surface area contributed by atoms with Crippen LogP contribution in [-0.2, 0) is 17.9 Å². The lowest BCUT2D eigenvalue weighted by Crippen LogP contribution is -2.39. The Labute approximate surface area is 127 Å². The lowest BCUT2D eigenvalue weighted by molar-refractivity contribution is -0.122. The van der Waals surface area contributed by atoms with Gasteiger partial charge < -0.3 is 15.8 Å². The highest BCUT2D eigenvalue weighted by Crippen LogP contribution is 2.20. The molecule has 1 rings (SSSR count). The van der Waals surface area contributed by atoms with Crippen LogP contribution in [0.2, 0.25) is 0 Å². The van der Waals surface area contributed by atoms with Gasteiger partial charge in [0.1, 0.15) is 5.75 Å². The minimum Gasteiger partial charge on any atom is -0.496 e. The Kier molecular flexibility index (Phi) is 7.19. The number of hydrogen-bond donors (Lipinski definition) is 2. The van der Waals surface area contributed by atoms with Crippen LogP contribution in [0.1, 0.15) is 31.9 Å². The second-order valence-electron chi connectivity index (χ2n) is 5.38. The van der Waals surface area contributed by atoms with E-state index >= 15 is 0 Å². The summed E-state index contributed by atoms with van der Waals surface area (Å²) in [4.78, 5) is 13.9. The second kappa shape index (κ2) is 8.64. The molecule has 5 heteroatoms. The highest BCUT2D eigenvalue weighted by molar-refractivity contribution is 5.78. The lowest BCUT2D eigenvalue weighted by Gasteiger charge is -2.21. The minimum absolute atomic E-state index is 0.0550. The molecule has 0 saturated heterocycles. The molecule has 1 amide bonds. The topological polar surface area (TPSA) is 67.6 Å². The number of amides is 1. The molecule has 0 unspecified atom stereocenters. The van der Waals surface area contributed by atoms with Crippen molar-refractivity contribution in [3.05, 3.63) is 29.3 Å². The van der Waals surface area contributed by atoms with Crippen molar-refractivity contribution in [2.75, 3.05) is 20.2 Å². The maximum Gasteiger partial charge on any atom is 0.234 e. The highest BCUT2D eigenvalue weighted by Gasteiger charge is 2.11. The monoisotopic (exact) mass is 293 g/mol. The quantitative estimate of drug-likeness (QED) is 0.762.